The molecule has 3 N–H and O–H groups in total. The van der Waals surface area contributed by atoms with E-state index in [1.54, 1.807) is 54.5 Å². The van der Waals surface area contributed by atoms with E-state index in [4.69, 9.17) is 15.0 Å². The topological polar surface area (TPSA) is 112 Å². The molecule has 0 radical (unpaired) electrons. The SMILES string of the molecule is CCC(c1cccc(-c2cn(-c3ccc(OC4CCNCC4)cc3)nc2-c2ccncc2)c1F)S(N)(=O)=O. The van der Waals surface area contributed by atoms with Crippen molar-refractivity contribution in [1.29, 1.82) is 0 Å². The van der Waals surface area contributed by atoms with Crippen molar-refractivity contribution in [2.75, 3.05) is 13.1 Å². The quantitative estimate of drug-likeness (QED) is 0.341. The van der Waals surface area contributed by atoms with E-state index in [9.17, 15) is 8.42 Å². The highest BCUT2D eigenvalue weighted by atomic mass is 32.2. The van der Waals surface area contributed by atoms with Gasteiger partial charge in [0.25, 0.3) is 0 Å². The lowest BCUT2D eigenvalue weighted by molar-refractivity contribution is 0.162. The van der Waals surface area contributed by atoms with Crippen LogP contribution in [0.5, 0.6) is 5.75 Å². The standard InChI is InChI=1S/C28H30FN5O3S/c1-2-26(38(30,35)36)24-5-3-4-23(27(24)29)25-18-34(33-28(25)19-10-14-31-15-11-19)20-6-8-21(9-7-20)37-22-12-16-32-17-13-22/h3-11,14-15,18,22,26,32H,2,12-13,16-17H2,1H3,(H2,30,35,36). The van der Waals surface area contributed by atoms with Crippen LogP contribution in [0.15, 0.2) is 73.2 Å². The van der Waals surface area contributed by atoms with Gasteiger partial charge in [0.1, 0.15) is 28.6 Å². The number of hydrogen-bond donors (Lipinski definition) is 2. The summed E-state index contributed by atoms with van der Waals surface area (Å²) in [6.45, 7) is 3.56. The van der Waals surface area contributed by atoms with Gasteiger partial charge in [0, 0.05) is 40.8 Å². The Labute approximate surface area is 221 Å². The Morgan fingerprint density at radius 2 is 1.79 bits per heavy atom. The van der Waals surface area contributed by atoms with Crippen LogP contribution in [-0.4, -0.2) is 42.4 Å². The molecule has 1 fully saturated rings. The maximum atomic E-state index is 15.9. The smallest absolute Gasteiger partial charge is 0.216 e. The van der Waals surface area contributed by atoms with Gasteiger partial charge in [-0.05, 0) is 68.8 Å². The number of aromatic nitrogens is 3. The molecular weight excluding hydrogens is 505 g/mol. The molecule has 198 valence electrons. The molecule has 1 atom stereocenters. The molecule has 5 rings (SSSR count). The third-order valence-electron chi connectivity index (χ3n) is 6.79. The fourth-order valence-corrected chi connectivity index (χ4v) is 5.85. The second kappa shape index (κ2) is 11.0. The second-order valence-electron chi connectivity index (χ2n) is 9.33. The Hall–Kier alpha value is -3.60. The normalized spacial score (nSPS) is 15.3. The Balaban J connectivity index is 1.55. The lowest BCUT2D eigenvalue weighted by Gasteiger charge is -2.23. The number of primary sulfonamides is 1. The van der Waals surface area contributed by atoms with Gasteiger partial charge in [0.05, 0.1) is 5.69 Å². The van der Waals surface area contributed by atoms with E-state index in [1.807, 2.05) is 24.3 Å². The molecule has 4 aromatic rings. The monoisotopic (exact) mass is 535 g/mol. The van der Waals surface area contributed by atoms with Gasteiger partial charge in [-0.1, -0.05) is 25.1 Å². The second-order valence-corrected chi connectivity index (χ2v) is 11.1. The van der Waals surface area contributed by atoms with Crippen LogP contribution in [0.2, 0.25) is 0 Å². The van der Waals surface area contributed by atoms with Gasteiger partial charge in [-0.3, -0.25) is 4.98 Å². The molecule has 1 aliphatic rings. The van der Waals surface area contributed by atoms with Gasteiger partial charge >= 0.3 is 0 Å². The van der Waals surface area contributed by atoms with E-state index in [2.05, 4.69) is 10.3 Å². The van der Waals surface area contributed by atoms with Crippen LogP contribution in [0, 0.1) is 5.82 Å². The highest BCUT2D eigenvalue weighted by Gasteiger charge is 2.27. The van der Waals surface area contributed by atoms with Crippen LogP contribution in [0.25, 0.3) is 28.1 Å². The summed E-state index contributed by atoms with van der Waals surface area (Å²) >= 11 is 0. The number of nitrogens with two attached hydrogens (primary N) is 1. The van der Waals surface area contributed by atoms with Crippen molar-refractivity contribution < 1.29 is 17.5 Å². The predicted molar refractivity (Wildman–Crippen MR) is 145 cm³/mol. The van der Waals surface area contributed by atoms with Gasteiger partial charge in [-0.2, -0.15) is 5.10 Å². The first-order valence-corrected chi connectivity index (χ1v) is 14.2. The molecule has 3 heterocycles. The van der Waals surface area contributed by atoms with Crippen LogP contribution in [0.3, 0.4) is 0 Å². The van der Waals surface area contributed by atoms with E-state index < -0.39 is 21.1 Å². The Kier molecular flexibility index (Phi) is 7.55. The van der Waals surface area contributed by atoms with Crippen molar-refractivity contribution in [2.45, 2.75) is 37.5 Å². The molecule has 0 saturated carbocycles. The summed E-state index contributed by atoms with van der Waals surface area (Å²) in [4.78, 5) is 4.08. The Morgan fingerprint density at radius 3 is 2.45 bits per heavy atom. The molecule has 0 bridgehead atoms. The van der Waals surface area contributed by atoms with Gasteiger partial charge in [-0.25, -0.2) is 22.6 Å². The third kappa shape index (κ3) is 5.47. The maximum absolute atomic E-state index is 15.9. The number of halogens is 1. The van der Waals surface area contributed by atoms with E-state index >= 15 is 4.39 Å². The molecule has 8 nitrogen and oxygen atoms in total. The lowest BCUT2D eigenvalue weighted by atomic mass is 9.98. The molecule has 2 aromatic carbocycles. The Bertz CT molecular complexity index is 1500. The van der Waals surface area contributed by atoms with Crippen molar-refractivity contribution in [3.05, 3.63) is 84.6 Å². The van der Waals surface area contributed by atoms with Crippen LogP contribution in [-0.2, 0) is 10.0 Å². The largest absolute Gasteiger partial charge is 0.490 e. The predicted octanol–water partition coefficient (Wildman–Crippen LogP) is 4.61. The van der Waals surface area contributed by atoms with Gasteiger partial charge in [0.15, 0.2) is 0 Å². The van der Waals surface area contributed by atoms with Crippen LogP contribution >= 0.6 is 0 Å². The number of hydrogen-bond acceptors (Lipinski definition) is 6. The number of piperidine rings is 1. The summed E-state index contributed by atoms with van der Waals surface area (Å²) in [5.41, 5.74) is 2.88. The maximum Gasteiger partial charge on any atom is 0.216 e. The zero-order valence-corrected chi connectivity index (χ0v) is 21.9. The van der Waals surface area contributed by atoms with E-state index in [-0.39, 0.29) is 23.7 Å². The first-order valence-electron chi connectivity index (χ1n) is 12.6. The average molecular weight is 536 g/mol. The van der Waals surface area contributed by atoms with Crippen LogP contribution < -0.4 is 15.2 Å². The number of benzene rings is 2. The Morgan fingerprint density at radius 1 is 1.08 bits per heavy atom. The molecule has 2 aromatic heterocycles. The molecule has 0 aliphatic carbocycles. The van der Waals surface area contributed by atoms with Crippen LogP contribution in [0.4, 0.5) is 4.39 Å². The zero-order chi connectivity index (χ0) is 26.7. The molecule has 1 saturated heterocycles. The minimum absolute atomic E-state index is 0.0420. The van der Waals surface area contributed by atoms with E-state index in [0.717, 1.165) is 42.9 Å². The van der Waals surface area contributed by atoms with Gasteiger partial charge < -0.3 is 10.1 Å². The summed E-state index contributed by atoms with van der Waals surface area (Å²) in [6.07, 6.45) is 7.32. The van der Waals surface area contributed by atoms with Crippen molar-refractivity contribution in [3.63, 3.8) is 0 Å². The zero-order valence-electron chi connectivity index (χ0n) is 21.0. The number of rotatable bonds is 8. The van der Waals surface area contributed by atoms with Crippen molar-refractivity contribution in [2.24, 2.45) is 5.14 Å². The first-order chi connectivity index (χ1) is 18.3. The number of ether oxygens (including phenoxy) is 1. The fraction of sp³-hybridized carbons (Fsp3) is 0.286. The number of pyridine rings is 1. The molecule has 10 heteroatoms. The van der Waals surface area contributed by atoms with E-state index in [0.29, 0.717) is 11.3 Å². The van der Waals surface area contributed by atoms with Crippen LogP contribution in [0.1, 0.15) is 37.0 Å². The average Bonchev–Trinajstić information content (AvgIpc) is 3.36. The minimum atomic E-state index is -3.99. The number of nitrogens with zero attached hydrogens (tertiary/aromatic N) is 3. The summed E-state index contributed by atoms with van der Waals surface area (Å²) in [7, 11) is -3.99. The third-order valence-corrected chi connectivity index (χ3v) is 8.17. The number of nitrogens with one attached hydrogen (secondary N) is 1. The van der Waals surface area contributed by atoms with Gasteiger partial charge in [0.2, 0.25) is 10.0 Å². The molecule has 38 heavy (non-hydrogen) atoms. The molecular formula is C28H30FN5O3S. The first kappa shape index (κ1) is 26.0. The lowest BCUT2D eigenvalue weighted by Crippen LogP contribution is -2.34. The number of sulfonamides is 1. The van der Waals surface area contributed by atoms with Crippen molar-refractivity contribution in [3.8, 4) is 33.8 Å². The summed E-state index contributed by atoms with van der Waals surface area (Å²) in [5, 5.41) is 12.4. The summed E-state index contributed by atoms with van der Waals surface area (Å²) in [6, 6.07) is 16.0. The minimum Gasteiger partial charge on any atom is -0.490 e. The molecule has 1 unspecified atom stereocenters. The fourth-order valence-electron chi connectivity index (χ4n) is 4.85. The van der Waals surface area contributed by atoms with Crippen molar-refractivity contribution >= 4 is 10.0 Å². The molecule has 0 amide bonds. The summed E-state index contributed by atoms with van der Waals surface area (Å²) < 4.78 is 48.1. The highest BCUT2D eigenvalue weighted by molar-refractivity contribution is 7.89. The highest BCUT2D eigenvalue weighted by Crippen LogP contribution is 2.37. The molecule has 0 spiro atoms. The van der Waals surface area contributed by atoms with E-state index in [1.165, 1.54) is 6.07 Å². The summed E-state index contributed by atoms with van der Waals surface area (Å²) in [5.74, 6) is 0.156. The van der Waals surface area contributed by atoms with Gasteiger partial charge in [-0.15, -0.1) is 0 Å². The molecule has 1 aliphatic heterocycles. The van der Waals surface area contributed by atoms with Crippen molar-refractivity contribution in [1.82, 2.24) is 20.1 Å².